The van der Waals surface area contributed by atoms with Crippen LogP contribution in [0.4, 0.5) is 0 Å². The van der Waals surface area contributed by atoms with E-state index in [2.05, 4.69) is 83.3 Å². The van der Waals surface area contributed by atoms with E-state index >= 15 is 0 Å². The molecule has 0 aliphatic rings. The number of rotatable bonds is 22. The van der Waals surface area contributed by atoms with Gasteiger partial charge in [0.1, 0.15) is 12.1 Å². The first-order valence-electron chi connectivity index (χ1n) is 15.0. The minimum Gasteiger partial charge on any atom is -0.480 e. The van der Waals surface area contributed by atoms with Gasteiger partial charge in [0, 0.05) is 19.2 Å². The molecule has 3 N–H and O–H groups in total. The number of aliphatic carboxylic acids is 1. The Labute approximate surface area is 256 Å². The largest absolute Gasteiger partial charge is 0.480 e. The average molecular weight is 587 g/mol. The fourth-order valence-corrected chi connectivity index (χ4v) is 3.81. The van der Waals surface area contributed by atoms with Crippen LogP contribution in [0.25, 0.3) is 0 Å². The third-order valence-corrected chi connectivity index (χ3v) is 6.14. The van der Waals surface area contributed by atoms with Crippen molar-refractivity contribution in [3.8, 4) is 6.07 Å². The van der Waals surface area contributed by atoms with Crippen molar-refractivity contribution < 1.29 is 19.5 Å². The minimum absolute atomic E-state index is 0.0374. The number of carbonyl (C=O) groups excluding carboxylic acids is 2. The van der Waals surface area contributed by atoms with E-state index in [1.54, 1.807) is 0 Å². The van der Waals surface area contributed by atoms with E-state index in [9.17, 15) is 19.5 Å². The highest BCUT2D eigenvalue weighted by atomic mass is 16.4. The fraction of sp³-hybridized carbons (Fsp3) is 0.400. The zero-order valence-corrected chi connectivity index (χ0v) is 25.3. The molecule has 0 saturated heterocycles. The van der Waals surface area contributed by atoms with E-state index in [4.69, 9.17) is 5.26 Å². The molecule has 0 aliphatic heterocycles. The second-order valence-electron chi connectivity index (χ2n) is 9.68. The Morgan fingerprint density at radius 2 is 1.44 bits per heavy atom. The maximum Gasteiger partial charge on any atom is 0.326 e. The highest BCUT2D eigenvalue weighted by Gasteiger charge is 2.22. The first kappa shape index (κ1) is 36.5. The molecule has 230 valence electrons. The van der Waals surface area contributed by atoms with Gasteiger partial charge in [0.25, 0.3) is 5.91 Å². The van der Waals surface area contributed by atoms with Crippen molar-refractivity contribution >= 4 is 17.8 Å². The smallest absolute Gasteiger partial charge is 0.326 e. The first-order chi connectivity index (χ1) is 21.0. The molecule has 0 fully saturated rings. The molecule has 0 saturated carbocycles. The summed E-state index contributed by atoms with van der Waals surface area (Å²) in [4.78, 5) is 39.8. The molecule has 1 aromatic rings. The summed E-state index contributed by atoms with van der Waals surface area (Å²) in [6, 6.07) is 3.67. The second-order valence-corrected chi connectivity index (χ2v) is 9.68. The van der Waals surface area contributed by atoms with Gasteiger partial charge in [-0.05, 0) is 76.3 Å². The topological polar surface area (TPSA) is 132 Å². The lowest BCUT2D eigenvalue weighted by molar-refractivity contribution is -0.139. The monoisotopic (exact) mass is 586 g/mol. The van der Waals surface area contributed by atoms with Crippen LogP contribution in [0.1, 0.15) is 93.6 Å². The fourth-order valence-electron chi connectivity index (χ4n) is 3.81. The van der Waals surface area contributed by atoms with Crippen molar-refractivity contribution in [1.29, 1.82) is 5.26 Å². The molecule has 0 bridgehead atoms. The lowest BCUT2D eigenvalue weighted by Gasteiger charge is -2.15. The Morgan fingerprint density at radius 3 is 1.98 bits per heavy atom. The van der Waals surface area contributed by atoms with Gasteiger partial charge in [0.05, 0.1) is 5.56 Å². The highest BCUT2D eigenvalue weighted by Crippen LogP contribution is 2.07. The van der Waals surface area contributed by atoms with Crippen LogP contribution in [0.5, 0.6) is 0 Å². The minimum atomic E-state index is -1.16. The molecule has 0 unspecified atom stereocenters. The summed E-state index contributed by atoms with van der Waals surface area (Å²) in [5, 5.41) is 23.8. The molecule has 0 radical (unpaired) electrons. The number of allylic oxidation sites excluding steroid dienone is 12. The molecule has 1 atom stereocenters. The zero-order valence-electron chi connectivity index (χ0n) is 25.3. The van der Waals surface area contributed by atoms with E-state index in [1.165, 1.54) is 18.3 Å². The van der Waals surface area contributed by atoms with Crippen LogP contribution in [0.15, 0.2) is 91.2 Å². The number of unbranched alkanes of at least 4 members (excludes halogenated alkanes) is 1. The number of nitrogens with one attached hydrogen (secondary N) is 2. The van der Waals surface area contributed by atoms with Crippen molar-refractivity contribution in [1.82, 2.24) is 15.6 Å². The Kier molecular flexibility index (Phi) is 21.4. The zero-order chi connectivity index (χ0) is 31.4. The van der Waals surface area contributed by atoms with Gasteiger partial charge < -0.3 is 15.7 Å². The molecule has 43 heavy (non-hydrogen) atoms. The standard InChI is InChI=1S/C35H46N4O4/c1-2-3-4-5-6-7-8-9-10-11-12-13-14-15-16-17-18-19-20-26-33(40)38-27-22-21-25-31(35(42)43)39-34(41)30-24-23-28-37-32(30)29-36/h3-4,6-7,9-10,12-13,15-16,18-19,23-24,28,31H,2,5,8,11,14,17,20-22,25-27H2,1H3,(H,38,40)(H,39,41)(H,42,43)/t31-/m0/s1. The van der Waals surface area contributed by atoms with E-state index in [0.29, 0.717) is 32.2 Å². The predicted octanol–water partition coefficient (Wildman–Crippen LogP) is 6.90. The number of nitriles is 1. The summed E-state index contributed by atoms with van der Waals surface area (Å²) in [6.45, 7) is 2.57. The number of aromatic nitrogens is 1. The van der Waals surface area contributed by atoms with Crippen LogP contribution in [-0.2, 0) is 9.59 Å². The van der Waals surface area contributed by atoms with E-state index < -0.39 is 17.9 Å². The summed E-state index contributed by atoms with van der Waals surface area (Å²) in [6.07, 6.45) is 35.2. The number of pyridine rings is 1. The number of nitrogens with zero attached hydrogens (tertiary/aromatic N) is 2. The van der Waals surface area contributed by atoms with Gasteiger partial charge in [-0.3, -0.25) is 9.59 Å². The molecule has 0 aromatic carbocycles. The van der Waals surface area contributed by atoms with E-state index in [0.717, 1.165) is 38.5 Å². The Bertz CT molecular complexity index is 1190. The summed E-state index contributed by atoms with van der Waals surface area (Å²) >= 11 is 0. The van der Waals surface area contributed by atoms with Crippen LogP contribution < -0.4 is 10.6 Å². The third kappa shape index (κ3) is 19.3. The molecule has 0 spiro atoms. The SMILES string of the molecule is CCC=CCC=CCC=CCC=CCC=CCC=CCCC(=O)NCCCC[C@H](NC(=O)c1cccnc1C#N)C(=O)O. The summed E-state index contributed by atoms with van der Waals surface area (Å²) in [7, 11) is 0. The van der Waals surface area contributed by atoms with Crippen molar-refractivity contribution in [3.63, 3.8) is 0 Å². The normalized spacial score (nSPS) is 12.7. The Hall–Kier alpha value is -4.51. The van der Waals surface area contributed by atoms with Crippen molar-refractivity contribution in [2.24, 2.45) is 0 Å². The molecule has 1 aromatic heterocycles. The lowest BCUT2D eigenvalue weighted by atomic mass is 10.1. The van der Waals surface area contributed by atoms with Crippen LogP contribution in [0.2, 0.25) is 0 Å². The first-order valence-corrected chi connectivity index (χ1v) is 15.0. The van der Waals surface area contributed by atoms with E-state index in [1.807, 2.05) is 18.2 Å². The van der Waals surface area contributed by atoms with Gasteiger partial charge in [-0.2, -0.15) is 5.26 Å². The summed E-state index contributed by atoms with van der Waals surface area (Å²) in [5.74, 6) is -1.86. The van der Waals surface area contributed by atoms with Crippen molar-refractivity contribution in [3.05, 3.63) is 102 Å². The molecular weight excluding hydrogens is 540 g/mol. The molecule has 8 heteroatoms. The van der Waals surface area contributed by atoms with Gasteiger partial charge in [-0.1, -0.05) is 79.8 Å². The Morgan fingerprint density at radius 1 is 0.884 bits per heavy atom. The number of carboxylic acid groups (broad SMARTS) is 1. The maximum atomic E-state index is 12.4. The quantitative estimate of drug-likeness (QED) is 0.1000. The number of carboxylic acids is 1. The number of hydrogen-bond donors (Lipinski definition) is 3. The third-order valence-electron chi connectivity index (χ3n) is 6.14. The van der Waals surface area contributed by atoms with Crippen LogP contribution in [0.3, 0.4) is 0 Å². The Balaban J connectivity index is 2.10. The average Bonchev–Trinajstić information content (AvgIpc) is 3.01. The summed E-state index contributed by atoms with van der Waals surface area (Å²) in [5.41, 5.74) is -0.0220. The van der Waals surface area contributed by atoms with Gasteiger partial charge in [-0.15, -0.1) is 0 Å². The molecule has 0 aliphatic carbocycles. The molecule has 2 amide bonds. The highest BCUT2D eigenvalue weighted by molar-refractivity contribution is 5.98. The van der Waals surface area contributed by atoms with Gasteiger partial charge in [0.2, 0.25) is 5.91 Å². The maximum absolute atomic E-state index is 12.4. The number of hydrogen-bond acceptors (Lipinski definition) is 5. The van der Waals surface area contributed by atoms with Gasteiger partial charge in [0.15, 0.2) is 5.69 Å². The molecule has 1 rings (SSSR count). The van der Waals surface area contributed by atoms with Crippen LogP contribution in [0, 0.1) is 11.3 Å². The van der Waals surface area contributed by atoms with Gasteiger partial charge in [-0.25, -0.2) is 9.78 Å². The number of amides is 2. The van der Waals surface area contributed by atoms with E-state index in [-0.39, 0.29) is 23.6 Å². The van der Waals surface area contributed by atoms with Crippen molar-refractivity contribution in [2.45, 2.75) is 83.6 Å². The van der Waals surface area contributed by atoms with Crippen LogP contribution in [-0.4, -0.2) is 40.5 Å². The van der Waals surface area contributed by atoms with Gasteiger partial charge >= 0.3 is 5.97 Å². The number of carbonyl (C=O) groups is 3. The molecular formula is C35H46N4O4. The molecule has 8 nitrogen and oxygen atoms in total. The predicted molar refractivity (Wildman–Crippen MR) is 172 cm³/mol. The summed E-state index contributed by atoms with van der Waals surface area (Å²) < 4.78 is 0. The van der Waals surface area contributed by atoms with Crippen molar-refractivity contribution in [2.75, 3.05) is 6.54 Å². The van der Waals surface area contributed by atoms with Crippen LogP contribution >= 0.6 is 0 Å². The lowest BCUT2D eigenvalue weighted by Crippen LogP contribution is -2.41. The molecule has 1 heterocycles. The second kappa shape index (κ2) is 25.2.